The second-order valence-electron chi connectivity index (χ2n) is 8.96. The number of benzene rings is 1. The average molecular weight is 471 g/mol. The number of imidazole rings is 1. The van der Waals surface area contributed by atoms with Gasteiger partial charge in [0.05, 0.1) is 19.4 Å². The zero-order valence-corrected chi connectivity index (χ0v) is 20.1. The van der Waals surface area contributed by atoms with Gasteiger partial charge in [-0.1, -0.05) is 11.3 Å². The Kier molecular flexibility index (Phi) is 6.11. The molecule has 4 aromatic rings. The molecule has 33 heavy (non-hydrogen) atoms. The number of nitrogens with one attached hydrogen (secondary N) is 1. The first-order valence-corrected chi connectivity index (χ1v) is 11.3. The number of rotatable bonds is 7. The number of likely N-dealkylation sites (N-methyl/N-ethyl adjacent to an activating group) is 2. The summed E-state index contributed by atoms with van der Waals surface area (Å²) in [5.74, 6) is 1.10. The fourth-order valence-corrected chi connectivity index (χ4v) is 4.15. The number of amides is 1. The van der Waals surface area contributed by atoms with Gasteiger partial charge in [0.15, 0.2) is 5.82 Å². The lowest BCUT2D eigenvalue weighted by molar-refractivity contribution is -0.129. The van der Waals surface area contributed by atoms with Crippen LogP contribution in [-0.2, 0) is 11.3 Å². The summed E-state index contributed by atoms with van der Waals surface area (Å²) >= 11 is 1.39. The number of carbonyl (C=O) groups is 1. The number of aromatic nitrogens is 3. The Hall–Kier alpha value is -3.40. The van der Waals surface area contributed by atoms with Crippen molar-refractivity contribution in [3.05, 3.63) is 54.2 Å². The van der Waals surface area contributed by atoms with Crippen molar-refractivity contribution in [2.75, 3.05) is 30.9 Å². The van der Waals surface area contributed by atoms with Crippen LogP contribution in [0.3, 0.4) is 0 Å². The standard InChI is InChI=1S/C23H27FN6O2S/c1-23(2,3)26-20-19(15-8-10-16(24)11-9-15)25-21-30(20)27-22(33-21)29(5)14-18(31)28(4)13-17-7-6-12-32-17/h6-12,26H,13-14H2,1-5H3. The van der Waals surface area contributed by atoms with E-state index in [9.17, 15) is 9.18 Å². The van der Waals surface area contributed by atoms with E-state index in [1.165, 1.54) is 23.5 Å². The Labute approximate surface area is 195 Å². The van der Waals surface area contributed by atoms with Crippen molar-refractivity contribution in [3.63, 3.8) is 0 Å². The molecule has 0 unspecified atom stereocenters. The van der Waals surface area contributed by atoms with Crippen LogP contribution in [0, 0.1) is 5.82 Å². The van der Waals surface area contributed by atoms with Gasteiger partial charge in [-0.25, -0.2) is 9.37 Å². The van der Waals surface area contributed by atoms with Gasteiger partial charge in [0.25, 0.3) is 0 Å². The molecule has 0 aliphatic carbocycles. The van der Waals surface area contributed by atoms with Crippen LogP contribution in [0.2, 0.25) is 0 Å². The lowest BCUT2D eigenvalue weighted by Gasteiger charge is -2.22. The normalized spacial score (nSPS) is 11.7. The first kappa shape index (κ1) is 22.8. The minimum atomic E-state index is -0.297. The fraction of sp³-hybridized carbons (Fsp3) is 0.348. The van der Waals surface area contributed by atoms with Crippen molar-refractivity contribution < 1.29 is 13.6 Å². The van der Waals surface area contributed by atoms with Gasteiger partial charge in [-0.15, -0.1) is 5.10 Å². The summed E-state index contributed by atoms with van der Waals surface area (Å²) in [6.45, 7) is 6.72. The molecule has 0 spiro atoms. The molecule has 0 radical (unpaired) electrons. The molecule has 0 bridgehead atoms. The number of hydrogen-bond donors (Lipinski definition) is 1. The molecule has 0 atom stereocenters. The third-order valence-electron chi connectivity index (χ3n) is 4.90. The molecule has 0 aliphatic rings. The van der Waals surface area contributed by atoms with Gasteiger partial charge < -0.3 is 19.5 Å². The molecule has 174 valence electrons. The quantitative estimate of drug-likeness (QED) is 0.429. The van der Waals surface area contributed by atoms with Crippen LogP contribution in [0.15, 0.2) is 47.1 Å². The second-order valence-corrected chi connectivity index (χ2v) is 9.89. The van der Waals surface area contributed by atoms with Crippen LogP contribution >= 0.6 is 11.3 Å². The monoisotopic (exact) mass is 470 g/mol. The van der Waals surface area contributed by atoms with Crippen LogP contribution in [0.1, 0.15) is 26.5 Å². The maximum Gasteiger partial charge on any atom is 0.242 e. The van der Waals surface area contributed by atoms with Gasteiger partial charge in [0, 0.05) is 25.2 Å². The summed E-state index contributed by atoms with van der Waals surface area (Å²) in [4.78, 5) is 21.5. The number of anilines is 2. The number of furan rings is 1. The van der Waals surface area contributed by atoms with Crippen molar-refractivity contribution in [3.8, 4) is 11.3 Å². The van der Waals surface area contributed by atoms with Crippen LogP contribution in [0.4, 0.5) is 15.3 Å². The predicted molar refractivity (Wildman–Crippen MR) is 128 cm³/mol. The summed E-state index contributed by atoms with van der Waals surface area (Å²) in [5.41, 5.74) is 1.25. The molecule has 0 saturated carbocycles. The van der Waals surface area contributed by atoms with E-state index in [1.807, 2.05) is 33.9 Å². The highest BCUT2D eigenvalue weighted by molar-refractivity contribution is 7.20. The largest absolute Gasteiger partial charge is 0.467 e. The van der Waals surface area contributed by atoms with Crippen molar-refractivity contribution in [2.45, 2.75) is 32.9 Å². The van der Waals surface area contributed by atoms with Crippen LogP contribution in [-0.4, -0.2) is 51.6 Å². The summed E-state index contributed by atoms with van der Waals surface area (Å²) in [5, 5.41) is 8.86. The Balaban J connectivity index is 1.59. The van der Waals surface area contributed by atoms with E-state index < -0.39 is 0 Å². The maximum absolute atomic E-state index is 13.4. The molecule has 1 amide bonds. The number of halogens is 1. The second kappa shape index (κ2) is 8.86. The van der Waals surface area contributed by atoms with Crippen molar-refractivity contribution >= 4 is 33.2 Å². The van der Waals surface area contributed by atoms with E-state index in [4.69, 9.17) is 14.5 Å². The van der Waals surface area contributed by atoms with E-state index in [1.54, 1.807) is 45.8 Å². The van der Waals surface area contributed by atoms with Gasteiger partial charge >= 0.3 is 0 Å². The number of hydrogen-bond acceptors (Lipinski definition) is 7. The molecule has 0 fully saturated rings. The van der Waals surface area contributed by atoms with E-state index in [0.29, 0.717) is 22.3 Å². The number of carbonyl (C=O) groups excluding carboxylic acids is 1. The third-order valence-corrected chi connectivity index (χ3v) is 5.92. The maximum atomic E-state index is 13.4. The Morgan fingerprint density at radius 2 is 1.94 bits per heavy atom. The molecule has 10 heteroatoms. The highest BCUT2D eigenvalue weighted by Gasteiger charge is 2.24. The topological polar surface area (TPSA) is 78.9 Å². The Morgan fingerprint density at radius 3 is 2.58 bits per heavy atom. The van der Waals surface area contributed by atoms with E-state index >= 15 is 0 Å². The zero-order chi connectivity index (χ0) is 23.8. The highest BCUT2D eigenvalue weighted by atomic mass is 32.1. The molecule has 8 nitrogen and oxygen atoms in total. The minimum Gasteiger partial charge on any atom is -0.467 e. The first-order chi connectivity index (χ1) is 15.6. The molecule has 0 aliphatic heterocycles. The molecule has 3 heterocycles. The summed E-state index contributed by atoms with van der Waals surface area (Å²) in [6, 6.07) is 9.88. The van der Waals surface area contributed by atoms with E-state index in [-0.39, 0.29) is 23.8 Å². The number of fused-ring (bicyclic) bond motifs is 1. The Bertz CT molecular complexity index is 1240. The SMILES string of the molecule is CN(Cc1ccco1)C(=O)CN(C)c1nn2c(NC(C)(C)C)c(-c3ccc(F)cc3)nc2s1. The van der Waals surface area contributed by atoms with Gasteiger partial charge in [-0.3, -0.25) is 4.79 Å². The lowest BCUT2D eigenvalue weighted by Crippen LogP contribution is -2.36. The highest BCUT2D eigenvalue weighted by Crippen LogP contribution is 2.34. The van der Waals surface area contributed by atoms with E-state index in [0.717, 1.165) is 17.1 Å². The summed E-state index contributed by atoms with van der Waals surface area (Å²) < 4.78 is 20.5. The van der Waals surface area contributed by atoms with E-state index in [2.05, 4.69) is 5.32 Å². The smallest absolute Gasteiger partial charge is 0.242 e. The van der Waals surface area contributed by atoms with Crippen LogP contribution < -0.4 is 10.2 Å². The average Bonchev–Trinajstić information content (AvgIpc) is 3.46. The van der Waals surface area contributed by atoms with Crippen molar-refractivity contribution in [2.24, 2.45) is 0 Å². The third kappa shape index (κ3) is 5.16. The van der Waals surface area contributed by atoms with Crippen molar-refractivity contribution in [1.82, 2.24) is 19.5 Å². The molecular formula is C23H27FN6O2S. The van der Waals surface area contributed by atoms with Crippen molar-refractivity contribution in [1.29, 1.82) is 0 Å². The molecular weight excluding hydrogens is 443 g/mol. The fourth-order valence-electron chi connectivity index (χ4n) is 3.28. The van der Waals surface area contributed by atoms with Gasteiger partial charge in [-0.2, -0.15) is 4.52 Å². The zero-order valence-electron chi connectivity index (χ0n) is 19.3. The summed E-state index contributed by atoms with van der Waals surface area (Å²) in [6.07, 6.45) is 1.59. The predicted octanol–water partition coefficient (Wildman–Crippen LogP) is 4.50. The van der Waals surface area contributed by atoms with Gasteiger partial charge in [0.2, 0.25) is 16.0 Å². The Morgan fingerprint density at radius 1 is 1.21 bits per heavy atom. The molecule has 1 aromatic carbocycles. The molecule has 4 rings (SSSR count). The minimum absolute atomic E-state index is 0.0539. The lowest BCUT2D eigenvalue weighted by atomic mass is 10.1. The molecule has 1 N–H and O–H groups in total. The van der Waals surface area contributed by atoms with Crippen LogP contribution in [0.5, 0.6) is 0 Å². The first-order valence-electron chi connectivity index (χ1n) is 10.5. The summed E-state index contributed by atoms with van der Waals surface area (Å²) in [7, 11) is 3.57. The van der Waals surface area contributed by atoms with Crippen LogP contribution in [0.25, 0.3) is 16.2 Å². The molecule has 0 saturated heterocycles. The van der Waals surface area contributed by atoms with Gasteiger partial charge in [-0.05, 0) is 57.2 Å². The number of nitrogens with zero attached hydrogens (tertiary/aromatic N) is 5. The van der Waals surface area contributed by atoms with Gasteiger partial charge in [0.1, 0.15) is 17.3 Å². The molecule has 3 aromatic heterocycles.